The number of aromatic nitrogens is 2. The number of hydrogen-bond acceptors (Lipinski definition) is 6. The lowest BCUT2D eigenvalue weighted by Gasteiger charge is -2.33. The van der Waals surface area contributed by atoms with Gasteiger partial charge in [0.15, 0.2) is 5.95 Å². The minimum absolute atomic E-state index is 0.0190. The molecule has 184 valence electrons. The summed E-state index contributed by atoms with van der Waals surface area (Å²) in [6.45, 7) is 1.13. The maximum Gasteiger partial charge on any atom is 0.409 e. The SMILES string of the molecule is Nc1nc2ccc(S(=O)(=O)N3CCN(C(=O)OCC4c5ccccc5-c5ccccc54)CC3)cc2[nH]1. The lowest BCUT2D eigenvalue weighted by atomic mass is 9.98. The van der Waals surface area contributed by atoms with Crippen molar-refractivity contribution >= 4 is 33.1 Å². The van der Waals surface area contributed by atoms with Gasteiger partial charge >= 0.3 is 6.09 Å². The fourth-order valence-corrected chi connectivity index (χ4v) is 6.56. The minimum Gasteiger partial charge on any atom is -0.448 e. The molecule has 0 unspecified atom stereocenters. The number of rotatable bonds is 4. The maximum absolute atomic E-state index is 13.2. The van der Waals surface area contributed by atoms with E-state index in [4.69, 9.17) is 10.5 Å². The number of nitrogens with two attached hydrogens (primary N) is 1. The molecule has 1 aliphatic heterocycles. The van der Waals surface area contributed by atoms with E-state index in [2.05, 4.69) is 34.2 Å². The summed E-state index contributed by atoms with van der Waals surface area (Å²) < 4.78 is 33.5. The average Bonchev–Trinajstić information content (AvgIpc) is 3.43. The van der Waals surface area contributed by atoms with Gasteiger partial charge in [0.05, 0.1) is 15.9 Å². The first-order valence-corrected chi connectivity index (χ1v) is 13.2. The molecule has 36 heavy (non-hydrogen) atoms. The molecule has 3 N–H and O–H groups in total. The van der Waals surface area contributed by atoms with Crippen LogP contribution in [0.1, 0.15) is 17.0 Å². The van der Waals surface area contributed by atoms with Crippen LogP contribution in [0.4, 0.5) is 10.7 Å². The summed E-state index contributed by atoms with van der Waals surface area (Å²) >= 11 is 0. The van der Waals surface area contributed by atoms with Gasteiger partial charge in [0, 0.05) is 32.1 Å². The Balaban J connectivity index is 1.10. The van der Waals surface area contributed by atoms with Crippen molar-refractivity contribution in [1.82, 2.24) is 19.2 Å². The monoisotopic (exact) mass is 503 g/mol. The summed E-state index contributed by atoms with van der Waals surface area (Å²) in [5, 5.41) is 0. The van der Waals surface area contributed by atoms with Gasteiger partial charge in [0.1, 0.15) is 6.61 Å². The first-order chi connectivity index (χ1) is 17.4. The van der Waals surface area contributed by atoms with Crippen LogP contribution in [0, 0.1) is 0 Å². The van der Waals surface area contributed by atoms with Gasteiger partial charge in [-0.1, -0.05) is 48.5 Å². The predicted molar refractivity (Wildman–Crippen MR) is 136 cm³/mol. The van der Waals surface area contributed by atoms with Crippen molar-refractivity contribution in [1.29, 1.82) is 0 Å². The molecular weight excluding hydrogens is 478 g/mol. The highest BCUT2D eigenvalue weighted by Gasteiger charge is 2.33. The number of nitrogen functional groups attached to an aromatic ring is 1. The van der Waals surface area contributed by atoms with Crippen LogP contribution in [-0.2, 0) is 14.8 Å². The fraction of sp³-hybridized carbons (Fsp3) is 0.231. The van der Waals surface area contributed by atoms with Gasteiger partial charge in [-0.3, -0.25) is 0 Å². The lowest BCUT2D eigenvalue weighted by molar-refractivity contribution is 0.0871. The quantitative estimate of drug-likeness (QED) is 0.440. The van der Waals surface area contributed by atoms with E-state index in [-0.39, 0.29) is 49.5 Å². The Kier molecular flexibility index (Phi) is 5.42. The second-order valence-electron chi connectivity index (χ2n) is 9.00. The molecule has 0 atom stereocenters. The van der Waals surface area contributed by atoms with Gasteiger partial charge in [-0.05, 0) is 40.5 Å². The van der Waals surface area contributed by atoms with Crippen LogP contribution >= 0.6 is 0 Å². The molecule has 6 rings (SSSR count). The molecule has 2 heterocycles. The van der Waals surface area contributed by atoms with Crippen LogP contribution < -0.4 is 5.73 Å². The molecule has 3 aromatic carbocycles. The Bertz CT molecular complexity index is 1530. The Morgan fingerprint density at radius 3 is 2.28 bits per heavy atom. The average molecular weight is 504 g/mol. The zero-order valence-corrected chi connectivity index (χ0v) is 20.2. The van der Waals surface area contributed by atoms with Crippen molar-refractivity contribution < 1.29 is 17.9 Å². The van der Waals surface area contributed by atoms with Gasteiger partial charge in [-0.25, -0.2) is 18.2 Å². The minimum atomic E-state index is -3.72. The molecule has 0 bridgehead atoms. The van der Waals surface area contributed by atoms with Gasteiger partial charge in [0.2, 0.25) is 10.0 Å². The van der Waals surface area contributed by atoms with E-state index >= 15 is 0 Å². The molecule has 1 aliphatic carbocycles. The van der Waals surface area contributed by atoms with Crippen LogP contribution in [0.2, 0.25) is 0 Å². The van der Waals surface area contributed by atoms with Gasteiger partial charge in [-0.15, -0.1) is 0 Å². The Morgan fingerprint density at radius 2 is 1.61 bits per heavy atom. The molecule has 1 amide bonds. The van der Waals surface area contributed by atoms with E-state index in [0.29, 0.717) is 11.0 Å². The molecule has 9 nitrogen and oxygen atoms in total. The number of H-pyrrole nitrogens is 1. The van der Waals surface area contributed by atoms with Crippen molar-refractivity contribution in [2.75, 3.05) is 38.5 Å². The number of sulfonamides is 1. The lowest BCUT2D eigenvalue weighted by Crippen LogP contribution is -2.50. The van der Waals surface area contributed by atoms with Crippen LogP contribution in [0.3, 0.4) is 0 Å². The van der Waals surface area contributed by atoms with E-state index in [1.807, 2.05) is 24.3 Å². The second-order valence-corrected chi connectivity index (χ2v) is 10.9. The van der Waals surface area contributed by atoms with Crippen LogP contribution in [0.15, 0.2) is 71.6 Å². The van der Waals surface area contributed by atoms with Crippen molar-refractivity contribution in [2.45, 2.75) is 10.8 Å². The molecule has 2 aliphatic rings. The number of ether oxygens (including phenoxy) is 1. The Hall–Kier alpha value is -3.89. The first-order valence-electron chi connectivity index (χ1n) is 11.8. The Morgan fingerprint density at radius 1 is 0.972 bits per heavy atom. The number of amides is 1. The zero-order chi connectivity index (χ0) is 24.9. The molecule has 1 saturated heterocycles. The highest BCUT2D eigenvalue weighted by atomic mass is 32.2. The van der Waals surface area contributed by atoms with Gasteiger partial charge in [0.25, 0.3) is 0 Å². The number of carbonyl (C=O) groups excluding carboxylic acids is 1. The van der Waals surface area contributed by atoms with E-state index in [0.717, 1.165) is 11.1 Å². The molecule has 1 aromatic heterocycles. The summed E-state index contributed by atoms with van der Waals surface area (Å²) in [6.07, 6.45) is -0.428. The van der Waals surface area contributed by atoms with Crippen LogP contribution in [0.5, 0.6) is 0 Å². The van der Waals surface area contributed by atoms with Crippen molar-refractivity contribution in [3.05, 3.63) is 77.9 Å². The summed E-state index contributed by atoms with van der Waals surface area (Å²) in [7, 11) is -3.72. The van der Waals surface area contributed by atoms with Crippen molar-refractivity contribution in [3.8, 4) is 11.1 Å². The van der Waals surface area contributed by atoms with Gasteiger partial charge in [-0.2, -0.15) is 4.31 Å². The van der Waals surface area contributed by atoms with E-state index in [1.54, 1.807) is 11.0 Å². The van der Waals surface area contributed by atoms with Crippen molar-refractivity contribution in [3.63, 3.8) is 0 Å². The molecule has 10 heteroatoms. The van der Waals surface area contributed by atoms with E-state index in [9.17, 15) is 13.2 Å². The number of carbonyl (C=O) groups is 1. The van der Waals surface area contributed by atoms with Crippen molar-refractivity contribution in [2.24, 2.45) is 0 Å². The number of benzene rings is 3. The number of nitrogens with zero attached hydrogens (tertiary/aromatic N) is 3. The first kappa shape index (κ1) is 22.6. The fourth-order valence-electron chi connectivity index (χ4n) is 5.11. The summed E-state index contributed by atoms with van der Waals surface area (Å²) in [4.78, 5) is 21.6. The molecule has 0 spiro atoms. The summed E-state index contributed by atoms with van der Waals surface area (Å²) in [5.41, 5.74) is 11.5. The predicted octanol–water partition coefficient (Wildman–Crippen LogP) is 3.40. The third-order valence-electron chi connectivity index (χ3n) is 6.94. The molecule has 1 fully saturated rings. The number of hydrogen-bond donors (Lipinski definition) is 2. The largest absolute Gasteiger partial charge is 0.448 e. The smallest absolute Gasteiger partial charge is 0.409 e. The number of imidazole rings is 1. The summed E-state index contributed by atoms with van der Waals surface area (Å²) in [5.74, 6) is 0.214. The number of fused-ring (bicyclic) bond motifs is 4. The number of aromatic amines is 1. The zero-order valence-electron chi connectivity index (χ0n) is 19.4. The molecular formula is C26H25N5O4S. The number of piperazine rings is 1. The second kappa shape index (κ2) is 8.65. The van der Waals surface area contributed by atoms with E-state index in [1.165, 1.54) is 27.6 Å². The molecule has 4 aromatic rings. The third-order valence-corrected chi connectivity index (χ3v) is 8.84. The highest BCUT2D eigenvalue weighted by Crippen LogP contribution is 2.44. The topological polar surface area (TPSA) is 122 Å². The molecule has 0 saturated carbocycles. The Labute approximate surface area is 208 Å². The normalized spacial score (nSPS) is 16.2. The maximum atomic E-state index is 13.2. The number of anilines is 1. The number of nitrogens with one attached hydrogen (secondary N) is 1. The standard InChI is InChI=1S/C26H25N5O4S/c27-25-28-23-10-9-17(15-24(23)29-25)36(33,34)31-13-11-30(12-14-31)26(32)35-16-22-20-7-3-1-5-18(20)19-6-2-4-8-21(19)22/h1-10,15,22H,11-14,16H2,(H3,27,28,29). The molecule has 0 radical (unpaired) electrons. The third kappa shape index (κ3) is 3.78. The van der Waals surface area contributed by atoms with E-state index < -0.39 is 16.1 Å². The van der Waals surface area contributed by atoms with Crippen LogP contribution in [0.25, 0.3) is 22.2 Å². The van der Waals surface area contributed by atoms with Crippen LogP contribution in [-0.4, -0.2) is 66.5 Å². The highest BCUT2D eigenvalue weighted by molar-refractivity contribution is 7.89. The van der Waals surface area contributed by atoms with Gasteiger partial charge < -0.3 is 20.4 Å². The summed E-state index contributed by atoms with van der Waals surface area (Å²) in [6, 6.07) is 21.0.